The van der Waals surface area contributed by atoms with Gasteiger partial charge in [0.2, 0.25) is 0 Å². The molecule has 2 aromatic rings. The molecular formula is C17H24N4O2S. The zero-order valence-corrected chi connectivity index (χ0v) is 15.5. The molecule has 6 nitrogen and oxygen atoms in total. The van der Waals surface area contributed by atoms with Crippen molar-refractivity contribution in [3.63, 3.8) is 0 Å². The van der Waals surface area contributed by atoms with Crippen molar-refractivity contribution >= 4 is 12.2 Å². The fourth-order valence-corrected chi connectivity index (χ4v) is 3.31. The summed E-state index contributed by atoms with van der Waals surface area (Å²) >= 11 is 5.59. The minimum absolute atomic E-state index is 0.554. The van der Waals surface area contributed by atoms with Gasteiger partial charge < -0.3 is 14.0 Å². The average molecular weight is 348 g/mol. The summed E-state index contributed by atoms with van der Waals surface area (Å²) in [6.45, 7) is 3.41. The number of benzene rings is 1. The number of aromatic nitrogens is 3. The molecule has 0 radical (unpaired) electrons. The van der Waals surface area contributed by atoms with Gasteiger partial charge in [0, 0.05) is 24.2 Å². The van der Waals surface area contributed by atoms with Gasteiger partial charge >= 0.3 is 0 Å². The van der Waals surface area contributed by atoms with Crippen molar-refractivity contribution in [3.8, 4) is 11.5 Å². The van der Waals surface area contributed by atoms with Crippen molar-refractivity contribution in [2.75, 3.05) is 21.3 Å². The third-order valence-electron chi connectivity index (χ3n) is 4.26. The first-order valence-electron chi connectivity index (χ1n) is 8.09. The highest BCUT2D eigenvalue weighted by atomic mass is 32.1. The fraction of sp³-hybridized carbons (Fsp3) is 0.529. The number of ether oxygens (including phenoxy) is 2. The van der Waals surface area contributed by atoms with Gasteiger partial charge in [-0.1, -0.05) is 6.07 Å². The van der Waals surface area contributed by atoms with Crippen LogP contribution in [0, 0.1) is 11.7 Å². The summed E-state index contributed by atoms with van der Waals surface area (Å²) in [7, 11) is 5.38. The Balaban J connectivity index is 1.73. The molecule has 0 aliphatic heterocycles. The summed E-state index contributed by atoms with van der Waals surface area (Å²) in [6.07, 6.45) is 2.42. The van der Waals surface area contributed by atoms with E-state index in [0.29, 0.717) is 12.7 Å². The minimum atomic E-state index is 0.554. The van der Waals surface area contributed by atoms with Crippen LogP contribution in [0.1, 0.15) is 30.3 Å². The molecule has 1 aromatic carbocycles. The number of aryl methyl sites for hydroxylation is 1. The van der Waals surface area contributed by atoms with E-state index in [1.54, 1.807) is 14.2 Å². The first-order valence-corrected chi connectivity index (χ1v) is 8.49. The maximum Gasteiger partial charge on any atom is 0.199 e. The van der Waals surface area contributed by atoms with E-state index < -0.39 is 0 Å². The summed E-state index contributed by atoms with van der Waals surface area (Å²) in [5.74, 6) is 2.61. The van der Waals surface area contributed by atoms with Crippen LogP contribution in [0.4, 0.5) is 0 Å². The third-order valence-corrected chi connectivity index (χ3v) is 4.67. The Morgan fingerprint density at radius 1 is 1.29 bits per heavy atom. The SMILES string of the molecule is COc1ccc(CN(C)Cn2nc(C)n(C3CC3)c2=S)c(OC)c1. The van der Waals surface area contributed by atoms with Gasteiger partial charge in [0.15, 0.2) is 4.77 Å². The molecule has 0 N–H and O–H groups in total. The Labute approximate surface area is 147 Å². The highest BCUT2D eigenvalue weighted by Crippen LogP contribution is 2.36. The maximum atomic E-state index is 5.59. The predicted octanol–water partition coefficient (Wildman–Crippen LogP) is 3.16. The van der Waals surface area contributed by atoms with Crippen LogP contribution in [0.2, 0.25) is 0 Å². The molecule has 1 aromatic heterocycles. The van der Waals surface area contributed by atoms with Crippen LogP contribution < -0.4 is 9.47 Å². The van der Waals surface area contributed by atoms with Crippen molar-refractivity contribution in [2.24, 2.45) is 0 Å². The van der Waals surface area contributed by atoms with E-state index >= 15 is 0 Å². The molecule has 1 aliphatic carbocycles. The van der Waals surface area contributed by atoms with Gasteiger partial charge in [-0.25, -0.2) is 4.68 Å². The van der Waals surface area contributed by atoms with Crippen LogP contribution in [0.15, 0.2) is 18.2 Å². The molecule has 0 saturated heterocycles. The lowest BCUT2D eigenvalue weighted by Crippen LogP contribution is -2.23. The Morgan fingerprint density at radius 3 is 2.67 bits per heavy atom. The topological polar surface area (TPSA) is 44.5 Å². The molecule has 24 heavy (non-hydrogen) atoms. The highest BCUT2D eigenvalue weighted by molar-refractivity contribution is 7.71. The van der Waals surface area contributed by atoms with Crippen LogP contribution in [0.3, 0.4) is 0 Å². The molecule has 0 amide bonds. The van der Waals surface area contributed by atoms with Gasteiger partial charge in [-0.3, -0.25) is 4.90 Å². The van der Waals surface area contributed by atoms with E-state index in [2.05, 4.69) is 21.6 Å². The lowest BCUT2D eigenvalue weighted by atomic mass is 10.2. The molecule has 3 rings (SSSR count). The number of hydrogen-bond donors (Lipinski definition) is 0. The Hall–Kier alpha value is -1.86. The molecule has 1 fully saturated rings. The van der Waals surface area contributed by atoms with E-state index in [4.69, 9.17) is 21.7 Å². The van der Waals surface area contributed by atoms with Crippen molar-refractivity contribution in [2.45, 2.75) is 39.0 Å². The number of methoxy groups -OCH3 is 2. The van der Waals surface area contributed by atoms with E-state index in [1.807, 2.05) is 29.8 Å². The lowest BCUT2D eigenvalue weighted by molar-refractivity contribution is 0.239. The van der Waals surface area contributed by atoms with Gasteiger partial charge in [-0.05, 0) is 45.1 Å². The van der Waals surface area contributed by atoms with Crippen LogP contribution in [-0.2, 0) is 13.2 Å². The molecule has 0 unspecified atom stereocenters. The summed E-state index contributed by atoms with van der Waals surface area (Å²) in [6, 6.07) is 6.43. The van der Waals surface area contributed by atoms with Gasteiger partial charge in [-0.15, -0.1) is 0 Å². The van der Waals surface area contributed by atoms with E-state index in [0.717, 1.165) is 34.2 Å². The highest BCUT2D eigenvalue weighted by Gasteiger charge is 2.27. The number of rotatable bonds is 7. The molecule has 1 saturated carbocycles. The molecule has 0 atom stereocenters. The first-order chi connectivity index (χ1) is 11.5. The Bertz CT molecular complexity index is 779. The van der Waals surface area contributed by atoms with Gasteiger partial charge in [0.05, 0.1) is 20.9 Å². The van der Waals surface area contributed by atoms with Gasteiger partial charge in [0.25, 0.3) is 0 Å². The molecule has 1 aliphatic rings. The summed E-state index contributed by atoms with van der Waals surface area (Å²) < 4.78 is 15.6. The van der Waals surface area contributed by atoms with Crippen molar-refractivity contribution in [1.82, 2.24) is 19.2 Å². The van der Waals surface area contributed by atoms with Crippen molar-refractivity contribution in [3.05, 3.63) is 34.4 Å². The third kappa shape index (κ3) is 3.47. The molecule has 7 heteroatoms. The molecule has 0 bridgehead atoms. The number of nitrogens with zero attached hydrogens (tertiary/aromatic N) is 4. The Kier molecular flexibility index (Phi) is 4.91. The van der Waals surface area contributed by atoms with Crippen LogP contribution in [0.25, 0.3) is 0 Å². The molecule has 0 spiro atoms. The maximum absolute atomic E-state index is 5.59. The normalized spacial score (nSPS) is 14.2. The van der Waals surface area contributed by atoms with E-state index in [-0.39, 0.29) is 0 Å². The van der Waals surface area contributed by atoms with Crippen LogP contribution in [-0.4, -0.2) is 40.5 Å². The summed E-state index contributed by atoms with van der Waals surface area (Å²) in [5.41, 5.74) is 1.10. The zero-order chi connectivity index (χ0) is 17.3. The Morgan fingerprint density at radius 2 is 2.04 bits per heavy atom. The fourth-order valence-electron chi connectivity index (χ4n) is 2.93. The van der Waals surface area contributed by atoms with Gasteiger partial charge in [0.1, 0.15) is 17.3 Å². The summed E-state index contributed by atoms with van der Waals surface area (Å²) in [4.78, 5) is 2.17. The minimum Gasteiger partial charge on any atom is -0.497 e. The molecule has 130 valence electrons. The van der Waals surface area contributed by atoms with Gasteiger partial charge in [-0.2, -0.15) is 5.10 Å². The second kappa shape index (κ2) is 6.94. The first kappa shape index (κ1) is 17.0. The van der Waals surface area contributed by atoms with Crippen LogP contribution in [0.5, 0.6) is 11.5 Å². The summed E-state index contributed by atoms with van der Waals surface area (Å²) in [5, 5.41) is 4.61. The lowest BCUT2D eigenvalue weighted by Gasteiger charge is -2.18. The van der Waals surface area contributed by atoms with Crippen molar-refractivity contribution < 1.29 is 9.47 Å². The van der Waals surface area contributed by atoms with E-state index in [9.17, 15) is 0 Å². The standard InChI is InChI=1S/C17H24N4O2S/c1-12-18-20(17(24)21(12)14-6-7-14)11-19(2)10-13-5-8-15(22-3)9-16(13)23-4/h5,8-9,14H,6-7,10-11H2,1-4H3. The smallest absolute Gasteiger partial charge is 0.199 e. The van der Waals surface area contributed by atoms with Crippen molar-refractivity contribution in [1.29, 1.82) is 0 Å². The average Bonchev–Trinajstić information content (AvgIpc) is 3.35. The number of hydrogen-bond acceptors (Lipinski definition) is 5. The molecule has 1 heterocycles. The monoisotopic (exact) mass is 348 g/mol. The molecular weight excluding hydrogens is 324 g/mol. The second-order valence-electron chi connectivity index (χ2n) is 6.26. The van der Waals surface area contributed by atoms with Crippen LogP contribution >= 0.6 is 12.2 Å². The zero-order valence-electron chi connectivity index (χ0n) is 14.7. The van der Waals surface area contributed by atoms with E-state index in [1.165, 1.54) is 12.8 Å². The quantitative estimate of drug-likeness (QED) is 0.719. The largest absolute Gasteiger partial charge is 0.497 e. The predicted molar refractivity (Wildman–Crippen MR) is 95.1 cm³/mol. The second-order valence-corrected chi connectivity index (χ2v) is 6.63.